The molecule has 2 amide bonds. The smallest absolute Gasteiger partial charge is 0.231 e. The summed E-state index contributed by atoms with van der Waals surface area (Å²) in [5.74, 6) is -0.567. The number of nitrogens with one attached hydrogen (secondary N) is 1. The second-order valence-electron chi connectivity index (χ2n) is 5.54. The first kappa shape index (κ1) is 15.6. The molecule has 7 heteroatoms. The van der Waals surface area contributed by atoms with Gasteiger partial charge < -0.3 is 10.2 Å². The predicted octanol–water partition coefficient (Wildman–Crippen LogP) is 2.40. The number of amides is 2. The third kappa shape index (κ3) is 3.39. The molecule has 0 bridgehead atoms. The van der Waals surface area contributed by atoms with Crippen LogP contribution >= 0.6 is 11.3 Å². The summed E-state index contributed by atoms with van der Waals surface area (Å²) in [5, 5.41) is 11.8. The number of hydrogen-bond donors (Lipinski definition) is 1. The van der Waals surface area contributed by atoms with Gasteiger partial charge in [-0.2, -0.15) is 0 Å². The molecule has 1 atom stereocenters. The Kier molecular flexibility index (Phi) is 4.38. The summed E-state index contributed by atoms with van der Waals surface area (Å²) in [4.78, 5) is 26.2. The molecule has 0 spiro atoms. The van der Waals surface area contributed by atoms with Gasteiger partial charge in [0.25, 0.3) is 0 Å². The van der Waals surface area contributed by atoms with Crippen LogP contribution in [-0.4, -0.2) is 28.6 Å². The summed E-state index contributed by atoms with van der Waals surface area (Å²) in [6, 6.07) is 7.90. The van der Waals surface area contributed by atoms with Gasteiger partial charge in [0, 0.05) is 18.7 Å². The van der Waals surface area contributed by atoms with Crippen molar-refractivity contribution >= 4 is 34.0 Å². The quantitative estimate of drug-likeness (QED) is 0.934. The van der Waals surface area contributed by atoms with Crippen LogP contribution in [0.2, 0.25) is 0 Å². The zero-order valence-electron chi connectivity index (χ0n) is 13.1. The van der Waals surface area contributed by atoms with E-state index in [-0.39, 0.29) is 24.2 Å². The molecule has 1 fully saturated rings. The van der Waals surface area contributed by atoms with Gasteiger partial charge in [-0.1, -0.05) is 30.4 Å². The van der Waals surface area contributed by atoms with Gasteiger partial charge >= 0.3 is 0 Å². The maximum atomic E-state index is 12.3. The summed E-state index contributed by atoms with van der Waals surface area (Å²) in [5.41, 5.74) is 2.07. The normalized spacial score (nSPS) is 17.6. The molecule has 0 radical (unpaired) electrons. The zero-order valence-corrected chi connectivity index (χ0v) is 13.9. The maximum absolute atomic E-state index is 12.3. The van der Waals surface area contributed by atoms with Gasteiger partial charge in [0.15, 0.2) is 0 Å². The van der Waals surface area contributed by atoms with Gasteiger partial charge in [0.1, 0.15) is 5.01 Å². The SMILES string of the molecule is CCc1ccc(N2C[C@H](C(=O)Nc3nnc(C)s3)CC2=O)cc1. The lowest BCUT2D eigenvalue weighted by molar-refractivity contribution is -0.122. The van der Waals surface area contributed by atoms with Crippen LogP contribution in [0, 0.1) is 12.8 Å². The highest BCUT2D eigenvalue weighted by Crippen LogP contribution is 2.26. The molecule has 0 unspecified atom stereocenters. The number of nitrogens with zero attached hydrogens (tertiary/aromatic N) is 3. The number of aryl methyl sites for hydroxylation is 2. The molecule has 1 saturated heterocycles. The third-order valence-corrected chi connectivity index (χ3v) is 4.66. The van der Waals surface area contributed by atoms with Gasteiger partial charge in [0.05, 0.1) is 5.92 Å². The van der Waals surface area contributed by atoms with Crippen LogP contribution in [0.1, 0.15) is 23.9 Å². The van der Waals surface area contributed by atoms with Crippen LogP contribution in [0.15, 0.2) is 24.3 Å². The Morgan fingerprint density at radius 1 is 1.35 bits per heavy atom. The topological polar surface area (TPSA) is 75.2 Å². The minimum absolute atomic E-state index is 0.0251. The Morgan fingerprint density at radius 3 is 2.70 bits per heavy atom. The summed E-state index contributed by atoms with van der Waals surface area (Å²) in [6.07, 6.45) is 1.18. The number of hydrogen-bond acceptors (Lipinski definition) is 5. The molecule has 2 heterocycles. The highest BCUT2D eigenvalue weighted by molar-refractivity contribution is 7.15. The van der Waals surface area contributed by atoms with Crippen molar-refractivity contribution in [1.82, 2.24) is 10.2 Å². The van der Waals surface area contributed by atoms with E-state index in [1.54, 1.807) is 4.90 Å². The van der Waals surface area contributed by atoms with Crippen molar-refractivity contribution in [3.8, 4) is 0 Å². The van der Waals surface area contributed by atoms with E-state index >= 15 is 0 Å². The molecule has 1 aliphatic rings. The molecule has 3 rings (SSSR count). The van der Waals surface area contributed by atoms with E-state index in [2.05, 4.69) is 22.4 Å². The predicted molar refractivity (Wildman–Crippen MR) is 89.6 cm³/mol. The Bertz CT molecular complexity index is 726. The molecule has 0 saturated carbocycles. The molecule has 1 aromatic heterocycles. The highest BCUT2D eigenvalue weighted by Gasteiger charge is 2.35. The summed E-state index contributed by atoms with van der Waals surface area (Å²) in [7, 11) is 0. The lowest BCUT2D eigenvalue weighted by Crippen LogP contribution is -2.28. The fourth-order valence-electron chi connectivity index (χ4n) is 2.60. The molecule has 1 aliphatic heterocycles. The molecule has 6 nitrogen and oxygen atoms in total. The minimum atomic E-state index is -0.363. The van der Waals surface area contributed by atoms with Crippen LogP contribution in [-0.2, 0) is 16.0 Å². The zero-order chi connectivity index (χ0) is 16.4. The molecule has 1 N–H and O–H groups in total. The third-order valence-electron chi connectivity index (χ3n) is 3.91. The first-order valence-corrected chi connectivity index (χ1v) is 8.38. The maximum Gasteiger partial charge on any atom is 0.231 e. The molecular weight excluding hydrogens is 312 g/mol. The van der Waals surface area contributed by atoms with Crippen molar-refractivity contribution < 1.29 is 9.59 Å². The average Bonchev–Trinajstić information content (AvgIpc) is 3.13. The molecule has 2 aromatic rings. The number of carbonyl (C=O) groups excluding carboxylic acids is 2. The average molecular weight is 330 g/mol. The fourth-order valence-corrected chi connectivity index (χ4v) is 3.19. The van der Waals surface area contributed by atoms with Crippen LogP contribution in [0.25, 0.3) is 0 Å². The standard InChI is InChI=1S/C16H18N4O2S/c1-3-11-4-6-13(7-5-11)20-9-12(8-14(20)21)15(22)17-16-19-18-10(2)23-16/h4-7,12H,3,8-9H2,1-2H3,(H,17,19,22)/t12-/m1/s1. The van der Waals surface area contributed by atoms with Crippen molar-refractivity contribution in [2.75, 3.05) is 16.8 Å². The van der Waals surface area contributed by atoms with Crippen LogP contribution in [0.3, 0.4) is 0 Å². The molecule has 1 aromatic carbocycles. The van der Waals surface area contributed by atoms with Crippen molar-refractivity contribution in [3.05, 3.63) is 34.8 Å². The first-order chi connectivity index (χ1) is 11.1. The van der Waals surface area contributed by atoms with Gasteiger partial charge in [-0.05, 0) is 31.0 Å². The number of benzene rings is 1. The van der Waals surface area contributed by atoms with E-state index in [9.17, 15) is 9.59 Å². The monoisotopic (exact) mass is 330 g/mol. The Morgan fingerprint density at radius 2 is 2.09 bits per heavy atom. The number of carbonyl (C=O) groups is 2. The Balaban J connectivity index is 1.67. The van der Waals surface area contributed by atoms with E-state index in [4.69, 9.17) is 0 Å². The fraction of sp³-hybridized carbons (Fsp3) is 0.375. The number of aromatic nitrogens is 2. The van der Waals surface area contributed by atoms with Crippen molar-refractivity contribution in [1.29, 1.82) is 0 Å². The van der Waals surface area contributed by atoms with Crippen molar-refractivity contribution in [3.63, 3.8) is 0 Å². The minimum Gasteiger partial charge on any atom is -0.312 e. The van der Waals surface area contributed by atoms with E-state index in [0.29, 0.717) is 11.7 Å². The van der Waals surface area contributed by atoms with Crippen molar-refractivity contribution in [2.45, 2.75) is 26.7 Å². The first-order valence-electron chi connectivity index (χ1n) is 7.57. The summed E-state index contributed by atoms with van der Waals surface area (Å²) in [6.45, 7) is 4.31. The van der Waals surface area contributed by atoms with Gasteiger partial charge in [-0.3, -0.25) is 9.59 Å². The summed E-state index contributed by atoms with van der Waals surface area (Å²) >= 11 is 1.32. The van der Waals surface area contributed by atoms with E-state index in [1.807, 2.05) is 31.2 Å². The van der Waals surface area contributed by atoms with E-state index in [0.717, 1.165) is 17.1 Å². The highest BCUT2D eigenvalue weighted by atomic mass is 32.1. The largest absolute Gasteiger partial charge is 0.312 e. The van der Waals surface area contributed by atoms with Crippen molar-refractivity contribution in [2.24, 2.45) is 5.92 Å². The van der Waals surface area contributed by atoms with Crippen LogP contribution in [0.5, 0.6) is 0 Å². The molecule has 0 aliphatic carbocycles. The number of rotatable bonds is 4. The Hall–Kier alpha value is -2.28. The van der Waals surface area contributed by atoms with Crippen LogP contribution in [0.4, 0.5) is 10.8 Å². The lowest BCUT2D eigenvalue weighted by atomic mass is 10.1. The lowest BCUT2D eigenvalue weighted by Gasteiger charge is -2.16. The second-order valence-corrected chi connectivity index (χ2v) is 6.72. The number of anilines is 2. The molecule has 23 heavy (non-hydrogen) atoms. The second kappa shape index (κ2) is 6.45. The van der Waals surface area contributed by atoms with E-state index in [1.165, 1.54) is 16.9 Å². The molecule has 120 valence electrons. The van der Waals surface area contributed by atoms with Crippen LogP contribution < -0.4 is 10.2 Å². The van der Waals surface area contributed by atoms with Gasteiger partial charge in [0.2, 0.25) is 16.9 Å². The van der Waals surface area contributed by atoms with Gasteiger partial charge in [-0.25, -0.2) is 0 Å². The van der Waals surface area contributed by atoms with Gasteiger partial charge in [-0.15, -0.1) is 10.2 Å². The Labute approximate surface area is 138 Å². The summed E-state index contributed by atoms with van der Waals surface area (Å²) < 4.78 is 0. The van der Waals surface area contributed by atoms with E-state index < -0.39 is 0 Å². The molecular formula is C16H18N4O2S.